The number of aromatic nitrogens is 4. The molecule has 0 radical (unpaired) electrons. The Morgan fingerprint density at radius 3 is 1.53 bits per heavy atom. The minimum absolute atomic E-state index is 0.701. The van der Waals surface area contributed by atoms with Crippen LogP contribution >= 0.6 is 23.5 Å². The molecule has 12 aromatic rings. The Hall–Kier alpha value is -7.64. The number of hydrogen-bond donors (Lipinski definition) is 0. The van der Waals surface area contributed by atoms with Crippen molar-refractivity contribution in [2.24, 2.45) is 0 Å². The zero-order valence-electron chi connectivity index (χ0n) is 34.4. The first-order chi connectivity index (χ1) is 31.7. The van der Waals surface area contributed by atoms with Crippen molar-refractivity contribution < 1.29 is 0 Å². The van der Waals surface area contributed by atoms with Crippen molar-refractivity contribution in [2.75, 3.05) is 0 Å². The first-order valence-corrected chi connectivity index (χ1v) is 23.1. The highest BCUT2D eigenvalue weighted by molar-refractivity contribution is 8.05. The Labute approximate surface area is 378 Å². The van der Waals surface area contributed by atoms with Crippen molar-refractivity contribution >= 4 is 67.1 Å². The Bertz CT molecular complexity index is 3720. The zero-order chi connectivity index (χ0) is 42.1. The maximum Gasteiger partial charge on any atom is 0.160 e. The van der Waals surface area contributed by atoms with Gasteiger partial charge in [0, 0.05) is 58.6 Å². The van der Waals surface area contributed by atoms with Gasteiger partial charge in [-0.15, -0.1) is 0 Å². The van der Waals surface area contributed by atoms with Gasteiger partial charge in [0.25, 0.3) is 0 Å². The minimum Gasteiger partial charge on any atom is -0.307 e. The van der Waals surface area contributed by atoms with Gasteiger partial charge in [-0.05, 0) is 65.7 Å². The number of rotatable bonds is 6. The molecule has 64 heavy (non-hydrogen) atoms. The summed E-state index contributed by atoms with van der Waals surface area (Å²) in [6.45, 7) is 0. The molecule has 300 valence electrons. The summed E-state index contributed by atoms with van der Waals surface area (Å²) in [6, 6.07) is 78.3. The van der Waals surface area contributed by atoms with Crippen LogP contribution in [0.1, 0.15) is 0 Å². The van der Waals surface area contributed by atoms with Crippen molar-refractivity contribution in [3.05, 3.63) is 218 Å². The minimum atomic E-state index is 0.701. The van der Waals surface area contributed by atoms with Gasteiger partial charge >= 0.3 is 0 Å². The zero-order valence-corrected chi connectivity index (χ0v) is 36.0. The van der Waals surface area contributed by atoms with E-state index in [-0.39, 0.29) is 0 Å². The van der Waals surface area contributed by atoms with Crippen LogP contribution in [0.25, 0.3) is 100 Å². The molecule has 0 N–H and O–H groups in total. The Balaban J connectivity index is 0.986. The van der Waals surface area contributed by atoms with Gasteiger partial charge in [0.05, 0.1) is 44.0 Å². The molecule has 1 aliphatic rings. The van der Waals surface area contributed by atoms with Crippen LogP contribution in [0.5, 0.6) is 0 Å². The van der Waals surface area contributed by atoms with Crippen LogP contribution in [0, 0.1) is 0 Å². The third-order valence-corrected chi connectivity index (χ3v) is 15.0. The molecular formula is C58H36N4S2. The standard InChI is InChI=1S/C58H36N4S2/c1-4-17-37(18-5-1)47-36-48(38-19-6-2-7-20-38)60-58(59-47)40-22-14-21-39(35-40)42-27-15-31-52-56(42)64-57-51(30-16-32-53(57)63-52)62-50-29-13-11-26-44(50)46-34-33-45-43-25-10-12-28-49(43)61(54(45)55(46)62)41-23-8-3-9-24-41/h1-36H. The summed E-state index contributed by atoms with van der Waals surface area (Å²) in [6.07, 6.45) is 0. The average molecular weight is 853 g/mol. The van der Waals surface area contributed by atoms with Crippen molar-refractivity contribution in [3.8, 4) is 56.4 Å². The highest BCUT2D eigenvalue weighted by Gasteiger charge is 2.27. The molecule has 6 heteroatoms. The fourth-order valence-corrected chi connectivity index (χ4v) is 12.1. The summed E-state index contributed by atoms with van der Waals surface area (Å²) in [7, 11) is 0. The van der Waals surface area contributed by atoms with E-state index in [1.807, 2.05) is 35.7 Å². The number of nitrogens with zero attached hydrogens (tertiary/aromatic N) is 4. The van der Waals surface area contributed by atoms with E-state index in [1.54, 1.807) is 0 Å². The fraction of sp³-hybridized carbons (Fsp3) is 0. The molecule has 4 nitrogen and oxygen atoms in total. The SMILES string of the molecule is c1ccc(-c2cc(-c3ccccc3)nc(-c3cccc(-c4cccc5c4Sc4c(cccc4-n4c6ccccc6c6ccc7c8ccccc8n(-c8ccccc8)c7c64)S5)c3)n2)cc1. The summed E-state index contributed by atoms with van der Waals surface area (Å²) in [5.74, 6) is 0.701. The number of benzene rings is 9. The molecular weight excluding hydrogens is 817 g/mol. The van der Waals surface area contributed by atoms with Gasteiger partial charge < -0.3 is 9.13 Å². The molecule has 1 aliphatic heterocycles. The lowest BCUT2D eigenvalue weighted by Gasteiger charge is -2.24. The van der Waals surface area contributed by atoms with Gasteiger partial charge in [-0.25, -0.2) is 9.97 Å². The second-order valence-corrected chi connectivity index (χ2v) is 18.2. The molecule has 0 spiro atoms. The second-order valence-electron chi connectivity index (χ2n) is 16.1. The molecule has 0 fully saturated rings. The quantitative estimate of drug-likeness (QED) is 0.167. The van der Waals surface area contributed by atoms with Crippen molar-refractivity contribution in [1.29, 1.82) is 0 Å². The Morgan fingerprint density at radius 1 is 0.344 bits per heavy atom. The molecule has 0 unspecified atom stereocenters. The maximum absolute atomic E-state index is 5.18. The largest absolute Gasteiger partial charge is 0.307 e. The first kappa shape index (κ1) is 37.0. The van der Waals surface area contributed by atoms with Crippen molar-refractivity contribution in [2.45, 2.75) is 19.6 Å². The van der Waals surface area contributed by atoms with Gasteiger partial charge in [-0.2, -0.15) is 0 Å². The molecule has 0 saturated heterocycles. The van der Waals surface area contributed by atoms with Crippen LogP contribution in [0.3, 0.4) is 0 Å². The summed E-state index contributed by atoms with van der Waals surface area (Å²) in [4.78, 5) is 15.4. The Kier molecular flexibility index (Phi) is 8.67. The number of fused-ring (bicyclic) bond motifs is 9. The topological polar surface area (TPSA) is 35.6 Å². The summed E-state index contributed by atoms with van der Waals surface area (Å²) < 4.78 is 5.00. The molecule has 0 saturated carbocycles. The van der Waals surface area contributed by atoms with Crippen LogP contribution in [0.15, 0.2) is 238 Å². The van der Waals surface area contributed by atoms with Gasteiger partial charge in [-0.1, -0.05) is 187 Å². The van der Waals surface area contributed by atoms with Crippen LogP contribution in [0.2, 0.25) is 0 Å². The lowest BCUT2D eigenvalue weighted by molar-refractivity contribution is 1.06. The van der Waals surface area contributed by atoms with Gasteiger partial charge in [-0.3, -0.25) is 0 Å². The first-order valence-electron chi connectivity index (χ1n) is 21.5. The van der Waals surface area contributed by atoms with E-state index >= 15 is 0 Å². The van der Waals surface area contributed by atoms with Crippen LogP contribution in [0.4, 0.5) is 0 Å². The molecule has 4 heterocycles. The lowest BCUT2D eigenvalue weighted by atomic mass is 10.0. The van der Waals surface area contributed by atoms with E-state index in [1.165, 1.54) is 74.4 Å². The predicted octanol–water partition coefficient (Wildman–Crippen LogP) is 16.0. The van der Waals surface area contributed by atoms with E-state index < -0.39 is 0 Å². The summed E-state index contributed by atoms with van der Waals surface area (Å²) >= 11 is 3.74. The molecule has 3 aromatic heterocycles. The van der Waals surface area contributed by atoms with Gasteiger partial charge in [0.1, 0.15) is 0 Å². The van der Waals surface area contributed by atoms with E-state index in [4.69, 9.17) is 9.97 Å². The molecule has 0 bridgehead atoms. The molecule has 13 rings (SSSR count). The smallest absolute Gasteiger partial charge is 0.160 e. The van der Waals surface area contributed by atoms with Crippen LogP contribution in [-0.4, -0.2) is 19.1 Å². The second kappa shape index (κ2) is 15.0. The number of hydrogen-bond acceptors (Lipinski definition) is 4. The molecule has 0 amide bonds. The fourth-order valence-electron chi connectivity index (χ4n) is 9.52. The molecule has 0 aliphatic carbocycles. The third kappa shape index (κ3) is 5.94. The van der Waals surface area contributed by atoms with E-state index in [0.717, 1.165) is 39.3 Å². The lowest BCUT2D eigenvalue weighted by Crippen LogP contribution is -2.02. The Morgan fingerprint density at radius 2 is 0.859 bits per heavy atom. The highest BCUT2D eigenvalue weighted by atomic mass is 32.2. The van der Waals surface area contributed by atoms with Gasteiger partial charge in [0.15, 0.2) is 5.82 Å². The maximum atomic E-state index is 5.18. The normalized spacial score (nSPS) is 12.2. The van der Waals surface area contributed by atoms with Crippen molar-refractivity contribution in [1.82, 2.24) is 19.1 Å². The molecule has 0 atom stereocenters. The van der Waals surface area contributed by atoms with Crippen LogP contribution in [-0.2, 0) is 0 Å². The average Bonchev–Trinajstić information content (AvgIpc) is 3.89. The van der Waals surface area contributed by atoms with Gasteiger partial charge in [0.2, 0.25) is 0 Å². The summed E-state index contributed by atoms with van der Waals surface area (Å²) in [5, 5.41) is 4.96. The monoisotopic (exact) mass is 852 g/mol. The summed E-state index contributed by atoms with van der Waals surface area (Å²) in [5.41, 5.74) is 14.3. The van der Waals surface area contributed by atoms with Crippen LogP contribution < -0.4 is 0 Å². The van der Waals surface area contributed by atoms with Crippen molar-refractivity contribution in [3.63, 3.8) is 0 Å². The number of para-hydroxylation sites is 3. The highest BCUT2D eigenvalue weighted by Crippen LogP contribution is 2.55. The third-order valence-electron chi connectivity index (χ3n) is 12.4. The van der Waals surface area contributed by atoms with E-state index in [2.05, 4.69) is 215 Å². The predicted molar refractivity (Wildman–Crippen MR) is 267 cm³/mol. The van der Waals surface area contributed by atoms with E-state index in [9.17, 15) is 0 Å². The van der Waals surface area contributed by atoms with E-state index in [0.29, 0.717) is 5.82 Å². The molecule has 9 aromatic carbocycles.